The molecule has 1 unspecified atom stereocenters. The van der Waals surface area contributed by atoms with Crippen LogP contribution in [-0.4, -0.2) is 61.2 Å². The van der Waals surface area contributed by atoms with Crippen molar-refractivity contribution in [3.63, 3.8) is 0 Å². The fourth-order valence-corrected chi connectivity index (χ4v) is 4.62. The van der Waals surface area contributed by atoms with Gasteiger partial charge in [-0.15, -0.1) is 0 Å². The van der Waals surface area contributed by atoms with Crippen molar-refractivity contribution in [2.45, 2.75) is 63.5 Å². The van der Waals surface area contributed by atoms with E-state index in [4.69, 9.17) is 0 Å². The van der Waals surface area contributed by atoms with Gasteiger partial charge in [0, 0.05) is 31.7 Å². The van der Waals surface area contributed by atoms with Gasteiger partial charge in [0.15, 0.2) is 0 Å². The van der Waals surface area contributed by atoms with Gasteiger partial charge in [-0.3, -0.25) is 4.90 Å². The smallest absolute Gasteiger partial charge is 0.0235 e. The van der Waals surface area contributed by atoms with Gasteiger partial charge >= 0.3 is 0 Å². The fraction of sp³-hybridized carbons (Fsp3) is 1.00. The van der Waals surface area contributed by atoms with Crippen molar-refractivity contribution >= 4 is 0 Å². The van der Waals surface area contributed by atoms with Crippen molar-refractivity contribution in [3.8, 4) is 0 Å². The van der Waals surface area contributed by atoms with Gasteiger partial charge in [-0.25, -0.2) is 0 Å². The third kappa shape index (κ3) is 3.80. The number of hydrogen-bond acceptors (Lipinski definition) is 3. The first-order valence-electron chi connectivity index (χ1n) is 9.60. The second-order valence-electron chi connectivity index (χ2n) is 7.99. The van der Waals surface area contributed by atoms with Crippen molar-refractivity contribution in [1.82, 2.24) is 15.1 Å². The summed E-state index contributed by atoms with van der Waals surface area (Å²) < 4.78 is 0. The summed E-state index contributed by atoms with van der Waals surface area (Å²) in [6.45, 7) is 7.90. The summed E-state index contributed by atoms with van der Waals surface area (Å²) in [7, 11) is 0. The lowest BCUT2D eigenvalue weighted by molar-refractivity contribution is 0.162. The molecule has 0 radical (unpaired) electrons. The molecule has 2 saturated heterocycles. The van der Waals surface area contributed by atoms with Gasteiger partial charge in [0.05, 0.1) is 0 Å². The Balaban J connectivity index is 1.16. The summed E-state index contributed by atoms with van der Waals surface area (Å²) >= 11 is 0. The third-order valence-electron chi connectivity index (χ3n) is 6.22. The van der Waals surface area contributed by atoms with Gasteiger partial charge in [0.25, 0.3) is 0 Å². The molecule has 3 heteroatoms. The fourth-order valence-electron chi connectivity index (χ4n) is 4.62. The maximum absolute atomic E-state index is 3.91. The molecule has 1 N–H and O–H groups in total. The van der Waals surface area contributed by atoms with E-state index in [1.807, 2.05) is 0 Å². The Morgan fingerprint density at radius 3 is 2.24 bits per heavy atom. The highest BCUT2D eigenvalue weighted by Crippen LogP contribution is 2.44. The van der Waals surface area contributed by atoms with Gasteiger partial charge in [0.1, 0.15) is 0 Å². The minimum Gasteiger partial charge on any atom is -0.312 e. The molecule has 0 spiro atoms. The first-order valence-corrected chi connectivity index (χ1v) is 9.60. The molecule has 21 heavy (non-hydrogen) atoms. The van der Waals surface area contributed by atoms with Crippen LogP contribution in [0.3, 0.4) is 0 Å². The Hall–Kier alpha value is -0.120. The van der Waals surface area contributed by atoms with E-state index in [-0.39, 0.29) is 0 Å². The van der Waals surface area contributed by atoms with Crippen molar-refractivity contribution in [2.24, 2.45) is 11.8 Å². The zero-order valence-electron chi connectivity index (χ0n) is 13.6. The van der Waals surface area contributed by atoms with E-state index in [0.717, 1.165) is 23.9 Å². The maximum atomic E-state index is 3.91. The molecule has 120 valence electrons. The molecule has 0 aromatic carbocycles. The lowest BCUT2D eigenvalue weighted by Crippen LogP contribution is -2.42. The molecule has 4 fully saturated rings. The number of piperidine rings is 1. The topological polar surface area (TPSA) is 18.5 Å². The average molecular weight is 291 g/mol. The van der Waals surface area contributed by atoms with Crippen LogP contribution in [0, 0.1) is 11.8 Å². The SMILES string of the molecule is C1CCN(C2CCN(CCNC(C3CC3)C3CC3)C2)CC1. The van der Waals surface area contributed by atoms with Crippen LogP contribution in [0.1, 0.15) is 51.4 Å². The summed E-state index contributed by atoms with van der Waals surface area (Å²) in [5.74, 6) is 2.08. The highest BCUT2D eigenvalue weighted by Gasteiger charge is 2.41. The highest BCUT2D eigenvalue weighted by atomic mass is 15.3. The Morgan fingerprint density at radius 2 is 1.57 bits per heavy atom. The van der Waals surface area contributed by atoms with E-state index in [1.54, 1.807) is 0 Å². The van der Waals surface area contributed by atoms with Crippen molar-refractivity contribution < 1.29 is 0 Å². The van der Waals surface area contributed by atoms with Crippen LogP contribution in [-0.2, 0) is 0 Å². The van der Waals surface area contributed by atoms with Crippen LogP contribution in [0.4, 0.5) is 0 Å². The molecule has 0 amide bonds. The summed E-state index contributed by atoms with van der Waals surface area (Å²) in [6.07, 6.45) is 11.7. The van der Waals surface area contributed by atoms with E-state index in [1.165, 1.54) is 90.6 Å². The molecule has 0 aromatic rings. The molecule has 0 bridgehead atoms. The normalized spacial score (nSPS) is 32.1. The number of nitrogens with zero attached hydrogens (tertiary/aromatic N) is 2. The summed E-state index contributed by atoms with van der Waals surface area (Å²) in [6, 6.07) is 1.75. The van der Waals surface area contributed by atoms with Crippen molar-refractivity contribution in [3.05, 3.63) is 0 Å². The molecule has 4 rings (SSSR count). The maximum Gasteiger partial charge on any atom is 0.0235 e. The van der Waals surface area contributed by atoms with Crippen LogP contribution in [0.15, 0.2) is 0 Å². The van der Waals surface area contributed by atoms with E-state index in [0.29, 0.717) is 0 Å². The second-order valence-corrected chi connectivity index (χ2v) is 7.99. The minimum atomic E-state index is 0.868. The number of nitrogens with one attached hydrogen (secondary N) is 1. The molecule has 2 aliphatic carbocycles. The molecule has 2 saturated carbocycles. The molecular formula is C18H33N3. The van der Waals surface area contributed by atoms with Crippen LogP contribution >= 0.6 is 0 Å². The predicted molar refractivity (Wildman–Crippen MR) is 87.5 cm³/mol. The Labute approximate surface area is 130 Å². The van der Waals surface area contributed by atoms with Gasteiger partial charge in [-0.05, 0) is 76.4 Å². The summed E-state index contributed by atoms with van der Waals surface area (Å²) in [4.78, 5) is 5.48. The molecule has 0 aromatic heterocycles. The van der Waals surface area contributed by atoms with E-state index >= 15 is 0 Å². The molecule has 1 atom stereocenters. The zero-order valence-corrected chi connectivity index (χ0v) is 13.6. The van der Waals surface area contributed by atoms with Gasteiger partial charge in [-0.1, -0.05) is 6.42 Å². The van der Waals surface area contributed by atoms with Gasteiger partial charge in [0.2, 0.25) is 0 Å². The molecule has 2 aliphatic heterocycles. The lowest BCUT2D eigenvalue weighted by Gasteiger charge is -2.32. The minimum absolute atomic E-state index is 0.868. The Bertz CT molecular complexity index is 319. The van der Waals surface area contributed by atoms with Gasteiger partial charge in [-0.2, -0.15) is 0 Å². The van der Waals surface area contributed by atoms with Crippen molar-refractivity contribution in [1.29, 1.82) is 0 Å². The lowest BCUT2D eigenvalue weighted by atomic mass is 10.1. The Morgan fingerprint density at radius 1 is 0.857 bits per heavy atom. The Kier molecular flexibility index (Phi) is 4.52. The first-order chi connectivity index (χ1) is 10.4. The van der Waals surface area contributed by atoms with Crippen LogP contribution in [0.25, 0.3) is 0 Å². The quantitative estimate of drug-likeness (QED) is 0.776. The molecular weight excluding hydrogens is 258 g/mol. The number of rotatable bonds is 7. The molecule has 4 aliphatic rings. The monoisotopic (exact) mass is 291 g/mol. The standard InChI is InChI=1S/C18H33N3/c1-2-10-21(11-3-1)17-8-12-20(14-17)13-9-19-18(15-4-5-15)16-6-7-16/h15-19H,1-14H2. The summed E-state index contributed by atoms with van der Waals surface area (Å²) in [5, 5.41) is 3.91. The molecule has 2 heterocycles. The number of likely N-dealkylation sites (tertiary alicyclic amines) is 2. The van der Waals surface area contributed by atoms with E-state index in [2.05, 4.69) is 15.1 Å². The van der Waals surface area contributed by atoms with E-state index in [9.17, 15) is 0 Å². The largest absolute Gasteiger partial charge is 0.312 e. The van der Waals surface area contributed by atoms with Crippen LogP contribution in [0.5, 0.6) is 0 Å². The predicted octanol–water partition coefficient (Wildman–Crippen LogP) is 2.32. The zero-order chi connectivity index (χ0) is 14.1. The second kappa shape index (κ2) is 6.55. The third-order valence-corrected chi connectivity index (χ3v) is 6.22. The molecule has 3 nitrogen and oxygen atoms in total. The van der Waals surface area contributed by atoms with Crippen LogP contribution in [0.2, 0.25) is 0 Å². The summed E-state index contributed by atoms with van der Waals surface area (Å²) in [5.41, 5.74) is 0. The highest BCUT2D eigenvalue weighted by molar-refractivity contribution is 4.96. The average Bonchev–Trinajstić information content (AvgIpc) is 3.45. The number of hydrogen-bond donors (Lipinski definition) is 1. The van der Waals surface area contributed by atoms with Gasteiger partial charge < -0.3 is 10.2 Å². The van der Waals surface area contributed by atoms with Crippen molar-refractivity contribution in [2.75, 3.05) is 39.3 Å². The first kappa shape index (κ1) is 14.5. The van der Waals surface area contributed by atoms with Crippen LogP contribution < -0.4 is 5.32 Å². The van der Waals surface area contributed by atoms with E-state index < -0.39 is 0 Å².